The minimum absolute atomic E-state index is 0.0339. The molecule has 10 heteroatoms. The van der Waals surface area contributed by atoms with E-state index in [1.807, 2.05) is 0 Å². The number of carbonyl (C=O) groups excluding carboxylic acids is 1. The van der Waals surface area contributed by atoms with E-state index in [9.17, 15) is 13.2 Å². The van der Waals surface area contributed by atoms with Crippen LogP contribution in [0.1, 0.15) is 24.5 Å². The predicted octanol–water partition coefficient (Wildman–Crippen LogP) is 2.67. The molecular formula is C16H15Cl2N3O4S. The molecule has 0 aliphatic carbocycles. The maximum atomic E-state index is 12.3. The number of hydrogen-bond acceptors (Lipinski definition) is 6. The van der Waals surface area contributed by atoms with Gasteiger partial charge < -0.3 is 4.84 Å². The van der Waals surface area contributed by atoms with Crippen molar-refractivity contribution in [3.8, 4) is 0 Å². The van der Waals surface area contributed by atoms with E-state index in [2.05, 4.69) is 10.3 Å². The zero-order valence-corrected chi connectivity index (χ0v) is 16.3. The molecule has 0 spiro atoms. The SMILES string of the molecule is CCN1N=CC(=C(Cl)c2ccc(S(C)(=O)=O)c(C3=NOCC3)c2Cl)C1=O. The van der Waals surface area contributed by atoms with Crippen molar-refractivity contribution >= 4 is 55.9 Å². The maximum Gasteiger partial charge on any atom is 0.277 e. The van der Waals surface area contributed by atoms with Gasteiger partial charge in [0.25, 0.3) is 5.91 Å². The van der Waals surface area contributed by atoms with Crippen LogP contribution in [0.3, 0.4) is 0 Å². The van der Waals surface area contributed by atoms with Gasteiger partial charge in [-0.3, -0.25) is 4.79 Å². The minimum Gasteiger partial charge on any atom is -0.395 e. The number of hydrogen-bond donors (Lipinski definition) is 0. The largest absolute Gasteiger partial charge is 0.395 e. The van der Waals surface area contributed by atoms with Crippen LogP contribution in [-0.2, 0) is 19.5 Å². The van der Waals surface area contributed by atoms with Crippen LogP contribution in [0.4, 0.5) is 0 Å². The molecule has 1 aromatic carbocycles. The van der Waals surface area contributed by atoms with E-state index >= 15 is 0 Å². The van der Waals surface area contributed by atoms with Crippen molar-refractivity contribution in [2.45, 2.75) is 18.2 Å². The summed E-state index contributed by atoms with van der Waals surface area (Å²) in [5.74, 6) is -0.344. The zero-order valence-electron chi connectivity index (χ0n) is 14.0. The van der Waals surface area contributed by atoms with Crippen molar-refractivity contribution in [3.05, 3.63) is 33.9 Å². The Balaban J connectivity index is 2.21. The fraction of sp³-hybridized carbons (Fsp3) is 0.312. The summed E-state index contributed by atoms with van der Waals surface area (Å²) in [6.07, 6.45) is 2.87. The zero-order chi connectivity index (χ0) is 19.1. The van der Waals surface area contributed by atoms with E-state index in [0.29, 0.717) is 30.8 Å². The second-order valence-corrected chi connectivity index (χ2v) is 8.43. The molecule has 0 N–H and O–H groups in total. The van der Waals surface area contributed by atoms with Crippen LogP contribution in [0.5, 0.6) is 0 Å². The molecular weight excluding hydrogens is 401 g/mol. The first-order chi connectivity index (χ1) is 12.3. The fourth-order valence-electron chi connectivity index (χ4n) is 2.68. The van der Waals surface area contributed by atoms with Gasteiger partial charge in [-0.2, -0.15) is 5.10 Å². The summed E-state index contributed by atoms with van der Waals surface area (Å²) in [4.78, 5) is 17.3. The number of hydrazone groups is 1. The van der Waals surface area contributed by atoms with Gasteiger partial charge in [0.1, 0.15) is 6.61 Å². The highest BCUT2D eigenvalue weighted by atomic mass is 35.5. The quantitative estimate of drug-likeness (QED) is 0.706. The van der Waals surface area contributed by atoms with Crippen molar-refractivity contribution in [2.24, 2.45) is 10.3 Å². The number of rotatable bonds is 4. The summed E-state index contributed by atoms with van der Waals surface area (Å²) in [5, 5.41) is 9.34. The van der Waals surface area contributed by atoms with Crippen LogP contribution in [0.15, 0.2) is 32.9 Å². The topological polar surface area (TPSA) is 88.4 Å². The Kier molecular flexibility index (Phi) is 5.09. The smallest absolute Gasteiger partial charge is 0.277 e. The van der Waals surface area contributed by atoms with Gasteiger partial charge in [-0.05, 0) is 13.0 Å². The van der Waals surface area contributed by atoms with Crippen LogP contribution in [0.25, 0.3) is 5.03 Å². The van der Waals surface area contributed by atoms with E-state index < -0.39 is 9.84 Å². The minimum atomic E-state index is -3.56. The second-order valence-electron chi connectivity index (χ2n) is 5.69. The molecule has 7 nitrogen and oxygen atoms in total. The predicted molar refractivity (Wildman–Crippen MR) is 100 cm³/mol. The molecule has 2 aliphatic heterocycles. The van der Waals surface area contributed by atoms with Crippen LogP contribution in [0, 0.1) is 0 Å². The maximum absolute atomic E-state index is 12.3. The third kappa shape index (κ3) is 3.24. The Labute approximate surface area is 160 Å². The van der Waals surface area contributed by atoms with Gasteiger partial charge in [-0.15, -0.1) is 0 Å². The second kappa shape index (κ2) is 7.02. The van der Waals surface area contributed by atoms with Crippen LogP contribution in [0.2, 0.25) is 5.02 Å². The van der Waals surface area contributed by atoms with Gasteiger partial charge in [0, 0.05) is 30.3 Å². The molecule has 0 unspecified atom stereocenters. The average molecular weight is 416 g/mol. The summed E-state index contributed by atoms with van der Waals surface area (Å²) in [6, 6.07) is 2.88. The lowest BCUT2D eigenvalue weighted by atomic mass is 10.0. The Morgan fingerprint density at radius 1 is 1.38 bits per heavy atom. The van der Waals surface area contributed by atoms with Gasteiger partial charge in [-0.25, -0.2) is 13.4 Å². The highest BCUT2D eigenvalue weighted by Gasteiger charge is 2.29. The molecule has 0 atom stereocenters. The lowest BCUT2D eigenvalue weighted by molar-refractivity contribution is -0.125. The van der Waals surface area contributed by atoms with Crippen molar-refractivity contribution < 1.29 is 18.0 Å². The standard InChI is InChI=1S/C16H15Cl2N3O4S/c1-3-21-16(22)10(8-19-21)14(17)9-4-5-12(26(2,23)24)13(15(9)18)11-6-7-25-20-11/h4-5,8H,3,6-7H2,1-2H3. The molecule has 1 aromatic rings. The molecule has 0 fully saturated rings. The first-order valence-electron chi connectivity index (χ1n) is 7.73. The van der Waals surface area contributed by atoms with Gasteiger partial charge in [0.05, 0.1) is 32.4 Å². The molecule has 0 saturated heterocycles. The molecule has 3 rings (SSSR count). The molecule has 2 heterocycles. The molecule has 26 heavy (non-hydrogen) atoms. The summed E-state index contributed by atoms with van der Waals surface area (Å²) < 4.78 is 24.3. The van der Waals surface area contributed by atoms with Gasteiger partial charge in [-0.1, -0.05) is 34.4 Å². The fourth-order valence-corrected chi connectivity index (χ4v) is 4.35. The van der Waals surface area contributed by atoms with Gasteiger partial charge >= 0.3 is 0 Å². The van der Waals surface area contributed by atoms with Crippen molar-refractivity contribution in [1.29, 1.82) is 0 Å². The highest BCUT2D eigenvalue weighted by Crippen LogP contribution is 2.37. The molecule has 2 aliphatic rings. The van der Waals surface area contributed by atoms with Crippen LogP contribution >= 0.6 is 23.2 Å². The van der Waals surface area contributed by atoms with Crippen molar-refractivity contribution in [1.82, 2.24) is 5.01 Å². The molecule has 0 aromatic heterocycles. The van der Waals surface area contributed by atoms with Crippen LogP contribution in [-0.4, -0.2) is 50.7 Å². The first kappa shape index (κ1) is 18.9. The van der Waals surface area contributed by atoms with Crippen molar-refractivity contribution in [3.63, 3.8) is 0 Å². The Hall–Kier alpha value is -1.90. The van der Waals surface area contributed by atoms with Gasteiger partial charge in [0.15, 0.2) is 9.84 Å². The number of oxime groups is 1. The molecule has 138 valence electrons. The highest BCUT2D eigenvalue weighted by molar-refractivity contribution is 7.90. The summed E-state index contributed by atoms with van der Waals surface area (Å²) in [6.45, 7) is 2.53. The molecule has 0 saturated carbocycles. The number of nitrogens with zero attached hydrogens (tertiary/aromatic N) is 3. The first-order valence-corrected chi connectivity index (χ1v) is 10.4. The third-order valence-corrected chi connectivity index (χ3v) is 5.90. The number of benzene rings is 1. The Morgan fingerprint density at radius 3 is 2.65 bits per heavy atom. The summed E-state index contributed by atoms with van der Waals surface area (Å²) in [7, 11) is -3.56. The summed E-state index contributed by atoms with van der Waals surface area (Å²) in [5.41, 5.74) is 1.20. The van der Waals surface area contributed by atoms with E-state index in [1.165, 1.54) is 23.4 Å². The Bertz CT molecular complexity index is 983. The normalized spacial score (nSPS) is 19.0. The third-order valence-electron chi connectivity index (χ3n) is 3.96. The van der Waals surface area contributed by atoms with E-state index in [-0.39, 0.29) is 32.0 Å². The molecule has 1 amide bonds. The van der Waals surface area contributed by atoms with E-state index in [1.54, 1.807) is 6.92 Å². The number of sulfone groups is 1. The van der Waals surface area contributed by atoms with E-state index in [4.69, 9.17) is 28.0 Å². The lowest BCUT2D eigenvalue weighted by Crippen LogP contribution is -2.21. The average Bonchev–Trinajstić information content (AvgIpc) is 3.22. The lowest BCUT2D eigenvalue weighted by Gasteiger charge is -2.14. The van der Waals surface area contributed by atoms with E-state index in [0.717, 1.165) is 6.26 Å². The van der Waals surface area contributed by atoms with Crippen molar-refractivity contribution in [2.75, 3.05) is 19.4 Å². The Morgan fingerprint density at radius 2 is 2.12 bits per heavy atom. The number of likely N-dealkylation sites (N-methyl/N-ethyl adjacent to an activating group) is 1. The van der Waals surface area contributed by atoms with Crippen LogP contribution < -0.4 is 0 Å². The number of amides is 1. The number of halogens is 2. The monoisotopic (exact) mass is 415 g/mol. The molecule has 0 bridgehead atoms. The number of carbonyl (C=O) groups is 1. The molecule has 0 radical (unpaired) electrons. The van der Waals surface area contributed by atoms with Gasteiger partial charge in [0.2, 0.25) is 0 Å². The summed E-state index contributed by atoms with van der Waals surface area (Å²) >= 11 is 12.9.